The first-order chi connectivity index (χ1) is 21.3. The number of thiazole rings is 1. The third kappa shape index (κ3) is 6.79. The van der Waals surface area contributed by atoms with Crippen molar-refractivity contribution in [1.29, 1.82) is 0 Å². The maximum absolute atomic E-state index is 14.1. The molecular weight excluding hydrogens is 592 g/mol. The highest BCUT2D eigenvalue weighted by atomic mass is 32.1. The van der Waals surface area contributed by atoms with E-state index in [4.69, 9.17) is 33.2 Å². The summed E-state index contributed by atoms with van der Waals surface area (Å²) in [6.45, 7) is 5.92. The molecular formula is C31H34N2O10S. The molecule has 0 unspecified atom stereocenters. The Morgan fingerprint density at radius 3 is 2.43 bits per heavy atom. The molecule has 2 heterocycles. The number of methoxy groups -OCH3 is 3. The summed E-state index contributed by atoms with van der Waals surface area (Å²) in [5.74, 6) is 0.654. The number of rotatable bonds is 12. The summed E-state index contributed by atoms with van der Waals surface area (Å²) in [5.41, 5.74) is 1.35. The van der Waals surface area contributed by atoms with E-state index < -0.39 is 18.2 Å². The number of fused-ring (bicyclic) bond motifs is 1. The molecule has 0 spiro atoms. The molecule has 3 aromatic rings. The van der Waals surface area contributed by atoms with Crippen LogP contribution in [-0.4, -0.2) is 64.4 Å². The molecule has 44 heavy (non-hydrogen) atoms. The van der Waals surface area contributed by atoms with Crippen molar-refractivity contribution in [3.8, 4) is 23.0 Å². The lowest BCUT2D eigenvalue weighted by atomic mass is 9.94. The molecule has 4 rings (SSSR count). The Morgan fingerprint density at radius 1 is 0.977 bits per heavy atom. The largest absolute Gasteiger partial charge is 0.513 e. The Hall–Kier alpha value is -4.62. The normalized spacial score (nSPS) is 14.4. The van der Waals surface area contributed by atoms with Crippen molar-refractivity contribution in [2.24, 2.45) is 4.99 Å². The molecule has 0 amide bonds. The van der Waals surface area contributed by atoms with Gasteiger partial charge in [-0.25, -0.2) is 14.6 Å². The molecule has 2 aromatic carbocycles. The van der Waals surface area contributed by atoms with Crippen molar-refractivity contribution < 1.29 is 42.7 Å². The lowest BCUT2D eigenvalue weighted by Crippen LogP contribution is -2.40. The molecule has 1 aliphatic heterocycles. The smallest absolute Gasteiger partial charge is 0.493 e. The molecule has 0 aliphatic carbocycles. The monoisotopic (exact) mass is 626 g/mol. The zero-order valence-electron chi connectivity index (χ0n) is 25.3. The molecule has 13 heteroatoms. The van der Waals surface area contributed by atoms with Crippen LogP contribution in [0.15, 0.2) is 57.5 Å². The molecule has 0 fully saturated rings. The van der Waals surface area contributed by atoms with E-state index in [1.165, 1.54) is 25.9 Å². The van der Waals surface area contributed by atoms with Crippen molar-refractivity contribution in [2.75, 3.05) is 47.8 Å². The van der Waals surface area contributed by atoms with Crippen molar-refractivity contribution in [3.63, 3.8) is 0 Å². The van der Waals surface area contributed by atoms with Gasteiger partial charge in [0, 0.05) is 12.7 Å². The number of hydrogen-bond donors (Lipinski definition) is 0. The molecule has 0 bridgehead atoms. The first kappa shape index (κ1) is 32.3. The molecule has 0 saturated carbocycles. The van der Waals surface area contributed by atoms with Gasteiger partial charge in [-0.05, 0) is 50.6 Å². The number of carbonyl (C=O) groups excluding carboxylic acids is 2. The summed E-state index contributed by atoms with van der Waals surface area (Å²) in [5, 5.41) is 0. The zero-order valence-corrected chi connectivity index (χ0v) is 26.1. The van der Waals surface area contributed by atoms with E-state index in [1.54, 1.807) is 56.3 Å². The van der Waals surface area contributed by atoms with Crippen LogP contribution in [0.4, 0.5) is 4.79 Å². The standard InChI is InChI=1S/C31H34N2O10S/c1-7-40-27-20(10-9-11-22(27)38-5)26-25(29(35)42-15-14-37-4)18(3)32-30-33(26)28(34)24(44-30)17-19-12-13-21(23(16-19)39-6)43-31(36)41-8-2/h9-13,16-17,26H,7-8,14-15H2,1-6H3/b24-17+/t26-/m0/s1. The topological polar surface area (TPSA) is 133 Å². The molecule has 234 valence electrons. The van der Waals surface area contributed by atoms with Gasteiger partial charge in [0.2, 0.25) is 0 Å². The second kappa shape index (κ2) is 14.7. The van der Waals surface area contributed by atoms with E-state index in [2.05, 4.69) is 4.99 Å². The van der Waals surface area contributed by atoms with E-state index in [1.807, 2.05) is 6.92 Å². The van der Waals surface area contributed by atoms with Gasteiger partial charge >= 0.3 is 12.1 Å². The van der Waals surface area contributed by atoms with E-state index in [0.29, 0.717) is 44.3 Å². The number of nitrogens with zero attached hydrogens (tertiary/aromatic N) is 2. The molecule has 0 radical (unpaired) electrons. The van der Waals surface area contributed by atoms with Crippen molar-refractivity contribution in [3.05, 3.63) is 78.5 Å². The summed E-state index contributed by atoms with van der Waals surface area (Å²) in [6, 6.07) is 9.22. The van der Waals surface area contributed by atoms with Gasteiger partial charge in [-0.15, -0.1) is 0 Å². The predicted molar refractivity (Wildman–Crippen MR) is 161 cm³/mol. The number of carbonyl (C=O) groups is 2. The van der Waals surface area contributed by atoms with Gasteiger partial charge < -0.3 is 33.2 Å². The van der Waals surface area contributed by atoms with Crippen LogP contribution in [-0.2, 0) is 19.0 Å². The Bertz CT molecular complexity index is 1740. The molecule has 1 aromatic heterocycles. The van der Waals surface area contributed by atoms with Gasteiger partial charge in [-0.2, -0.15) is 0 Å². The molecule has 0 saturated heterocycles. The summed E-state index contributed by atoms with van der Waals surface area (Å²) in [4.78, 5) is 44.4. The lowest BCUT2D eigenvalue weighted by Gasteiger charge is -2.27. The Labute approximate surface area is 257 Å². The van der Waals surface area contributed by atoms with Gasteiger partial charge in [0.25, 0.3) is 5.56 Å². The highest BCUT2D eigenvalue weighted by Crippen LogP contribution is 2.40. The first-order valence-corrected chi connectivity index (χ1v) is 14.6. The number of hydrogen-bond acceptors (Lipinski definition) is 12. The van der Waals surface area contributed by atoms with E-state index in [0.717, 1.165) is 11.3 Å². The number of ether oxygens (including phenoxy) is 7. The molecule has 0 N–H and O–H groups in total. The average molecular weight is 627 g/mol. The van der Waals surface area contributed by atoms with Gasteiger partial charge in [-0.1, -0.05) is 29.5 Å². The van der Waals surface area contributed by atoms with Crippen LogP contribution in [0, 0.1) is 0 Å². The zero-order chi connectivity index (χ0) is 31.8. The number of benzene rings is 2. The predicted octanol–water partition coefficient (Wildman–Crippen LogP) is 3.38. The second-order valence-electron chi connectivity index (χ2n) is 9.22. The van der Waals surface area contributed by atoms with Gasteiger partial charge in [0.1, 0.15) is 12.6 Å². The van der Waals surface area contributed by atoms with E-state index in [-0.39, 0.29) is 42.5 Å². The second-order valence-corrected chi connectivity index (χ2v) is 10.2. The third-order valence-electron chi connectivity index (χ3n) is 6.52. The summed E-state index contributed by atoms with van der Waals surface area (Å²) >= 11 is 1.16. The Morgan fingerprint density at radius 2 is 1.75 bits per heavy atom. The number of para-hydroxylation sites is 1. The lowest BCUT2D eigenvalue weighted by molar-refractivity contribution is -0.140. The highest BCUT2D eigenvalue weighted by Gasteiger charge is 2.36. The summed E-state index contributed by atoms with van der Waals surface area (Å²) < 4.78 is 39.3. The fourth-order valence-electron chi connectivity index (χ4n) is 4.63. The van der Waals surface area contributed by atoms with Crippen molar-refractivity contribution in [2.45, 2.75) is 26.8 Å². The average Bonchev–Trinajstić information content (AvgIpc) is 3.31. The van der Waals surface area contributed by atoms with Crippen LogP contribution in [0.2, 0.25) is 0 Å². The minimum atomic E-state index is -0.921. The summed E-state index contributed by atoms with van der Waals surface area (Å²) in [6.07, 6.45) is 0.811. The fourth-order valence-corrected chi connectivity index (χ4v) is 5.67. The Balaban J connectivity index is 1.89. The van der Waals surface area contributed by atoms with Gasteiger partial charge in [-0.3, -0.25) is 9.36 Å². The minimum Gasteiger partial charge on any atom is -0.493 e. The van der Waals surface area contributed by atoms with Crippen LogP contribution >= 0.6 is 11.3 Å². The molecule has 1 aliphatic rings. The van der Waals surface area contributed by atoms with Gasteiger partial charge in [0.15, 0.2) is 27.8 Å². The quantitative estimate of drug-likeness (QED) is 0.167. The maximum atomic E-state index is 14.1. The number of aromatic nitrogens is 1. The van der Waals surface area contributed by atoms with Crippen molar-refractivity contribution in [1.82, 2.24) is 4.57 Å². The van der Waals surface area contributed by atoms with E-state index in [9.17, 15) is 14.4 Å². The van der Waals surface area contributed by atoms with E-state index >= 15 is 0 Å². The van der Waals surface area contributed by atoms with Crippen LogP contribution in [0.3, 0.4) is 0 Å². The number of esters is 1. The third-order valence-corrected chi connectivity index (χ3v) is 7.50. The highest BCUT2D eigenvalue weighted by molar-refractivity contribution is 7.07. The summed E-state index contributed by atoms with van der Waals surface area (Å²) in [7, 11) is 4.46. The molecule has 12 nitrogen and oxygen atoms in total. The number of allylic oxidation sites excluding steroid dienone is 1. The van der Waals surface area contributed by atoms with Crippen molar-refractivity contribution >= 4 is 29.5 Å². The van der Waals surface area contributed by atoms with Gasteiger partial charge in [0.05, 0.1) is 49.8 Å². The molecule has 1 atom stereocenters. The fraction of sp³-hybridized carbons (Fsp3) is 0.355. The van der Waals surface area contributed by atoms with Crippen LogP contribution < -0.4 is 33.8 Å². The first-order valence-electron chi connectivity index (χ1n) is 13.8. The SMILES string of the molecule is CCOC(=O)Oc1ccc(/C=c2/sc3n(c2=O)[C@@H](c2cccc(OC)c2OCC)C(C(=O)OCCOC)=C(C)N=3)cc1OC. The minimum absolute atomic E-state index is 0.0252. The van der Waals surface area contributed by atoms with Crippen LogP contribution in [0.25, 0.3) is 6.08 Å². The maximum Gasteiger partial charge on any atom is 0.513 e. The van der Waals surface area contributed by atoms with Crippen LogP contribution in [0.1, 0.15) is 37.9 Å². The Kier molecular flexibility index (Phi) is 10.8. The van der Waals surface area contributed by atoms with Crippen LogP contribution in [0.5, 0.6) is 23.0 Å².